The second kappa shape index (κ2) is 8.91. The number of rotatable bonds is 6. The average molecular weight is 453 g/mol. The fourth-order valence-corrected chi connectivity index (χ4v) is 4.41. The van der Waals surface area contributed by atoms with E-state index in [0.717, 1.165) is 32.4 Å². The maximum Gasteiger partial charge on any atom is 0.291 e. The quantitative estimate of drug-likeness (QED) is 0.366. The van der Waals surface area contributed by atoms with E-state index in [1.54, 1.807) is 12.1 Å². The van der Waals surface area contributed by atoms with E-state index in [4.69, 9.17) is 16.0 Å². The highest BCUT2D eigenvalue weighted by Gasteiger charge is 2.23. The number of halogens is 1. The molecule has 0 saturated heterocycles. The lowest BCUT2D eigenvalue weighted by atomic mass is 10.00. The molecule has 4 rings (SSSR count). The molecule has 0 radical (unpaired) electrons. The first-order chi connectivity index (χ1) is 14.9. The van der Waals surface area contributed by atoms with E-state index in [0.29, 0.717) is 11.0 Å². The first kappa shape index (κ1) is 21.1. The molecular formula is C23H21ClN4O2S. The van der Waals surface area contributed by atoms with Gasteiger partial charge in [-0.3, -0.25) is 4.79 Å². The Balaban J connectivity index is 1.74. The van der Waals surface area contributed by atoms with Crippen molar-refractivity contribution in [2.75, 3.05) is 10.6 Å². The van der Waals surface area contributed by atoms with E-state index in [1.807, 2.05) is 51.1 Å². The van der Waals surface area contributed by atoms with Crippen molar-refractivity contribution in [1.29, 1.82) is 0 Å². The normalized spacial score (nSPS) is 11.9. The van der Waals surface area contributed by atoms with Gasteiger partial charge in [-0.15, -0.1) is 11.3 Å². The van der Waals surface area contributed by atoms with Crippen LogP contribution >= 0.6 is 22.9 Å². The summed E-state index contributed by atoms with van der Waals surface area (Å²) >= 11 is 7.62. The molecule has 158 valence electrons. The van der Waals surface area contributed by atoms with Crippen molar-refractivity contribution in [3.05, 3.63) is 93.0 Å². The third-order valence-corrected chi connectivity index (χ3v) is 5.86. The van der Waals surface area contributed by atoms with Crippen LogP contribution in [0.2, 0.25) is 5.02 Å². The fraction of sp³-hybridized carbons (Fsp3) is 0.174. The van der Waals surface area contributed by atoms with E-state index in [2.05, 4.69) is 26.7 Å². The van der Waals surface area contributed by atoms with Crippen LogP contribution in [0.5, 0.6) is 0 Å². The maximum atomic E-state index is 12.6. The second-order valence-electron chi connectivity index (χ2n) is 7.18. The molecule has 0 saturated carbocycles. The van der Waals surface area contributed by atoms with Gasteiger partial charge in [0.05, 0.1) is 12.3 Å². The molecule has 31 heavy (non-hydrogen) atoms. The summed E-state index contributed by atoms with van der Waals surface area (Å²) in [6.07, 6.45) is 1.48. The molecule has 2 N–H and O–H groups in total. The Morgan fingerprint density at radius 3 is 2.42 bits per heavy atom. The number of hydrogen-bond donors (Lipinski definition) is 2. The van der Waals surface area contributed by atoms with Gasteiger partial charge in [0.25, 0.3) is 5.91 Å². The molecule has 1 amide bonds. The largest absolute Gasteiger partial charge is 0.459 e. The molecule has 0 bridgehead atoms. The maximum absolute atomic E-state index is 12.6. The molecule has 4 aromatic rings. The zero-order chi connectivity index (χ0) is 22.0. The minimum atomic E-state index is -0.300. The van der Waals surface area contributed by atoms with Crippen LogP contribution in [0.1, 0.15) is 44.0 Å². The zero-order valence-electron chi connectivity index (χ0n) is 17.3. The number of carbonyl (C=O) groups is 1. The lowest BCUT2D eigenvalue weighted by Crippen LogP contribution is -2.17. The van der Waals surface area contributed by atoms with Crippen LogP contribution in [0.25, 0.3) is 0 Å². The highest BCUT2D eigenvalue weighted by Crippen LogP contribution is 2.37. The molecule has 0 aliphatic heterocycles. The van der Waals surface area contributed by atoms with Crippen molar-refractivity contribution in [2.45, 2.75) is 26.8 Å². The molecule has 0 aliphatic rings. The summed E-state index contributed by atoms with van der Waals surface area (Å²) in [5, 5.41) is 7.81. The minimum absolute atomic E-state index is 0.255. The Morgan fingerprint density at radius 2 is 1.77 bits per heavy atom. The molecule has 1 aromatic carbocycles. The highest BCUT2D eigenvalue weighted by atomic mass is 35.5. The lowest BCUT2D eigenvalue weighted by Gasteiger charge is -2.21. The number of aromatic nitrogens is 2. The minimum Gasteiger partial charge on any atom is -0.459 e. The van der Waals surface area contributed by atoms with Gasteiger partial charge in [-0.2, -0.15) is 0 Å². The van der Waals surface area contributed by atoms with Crippen molar-refractivity contribution < 1.29 is 9.21 Å². The molecular weight excluding hydrogens is 432 g/mol. The van der Waals surface area contributed by atoms with E-state index in [-0.39, 0.29) is 17.7 Å². The summed E-state index contributed by atoms with van der Waals surface area (Å²) in [5.74, 6) is 0.473. The van der Waals surface area contributed by atoms with Crippen molar-refractivity contribution in [2.24, 2.45) is 0 Å². The predicted octanol–water partition coefficient (Wildman–Crippen LogP) is 6.16. The van der Waals surface area contributed by atoms with E-state index >= 15 is 0 Å². The molecule has 6 nitrogen and oxygen atoms in total. The third-order valence-electron chi connectivity index (χ3n) is 4.63. The number of aryl methyl sites for hydroxylation is 3. The standard InChI is InChI=1S/C23H21ClN4O2S/c1-13-11-14(2)26-23(25-13)27-20(16-6-8-17(24)9-7-16)18-12-15(3)31-22(18)28-21(29)19-5-4-10-30-19/h4-12,20H,1-3H3,(H,28,29)(H,25,26,27)/t20-/m0/s1. The molecule has 3 heterocycles. The monoisotopic (exact) mass is 452 g/mol. The van der Waals surface area contributed by atoms with Gasteiger partial charge in [-0.1, -0.05) is 23.7 Å². The fourth-order valence-electron chi connectivity index (χ4n) is 3.33. The van der Waals surface area contributed by atoms with Gasteiger partial charge in [-0.05, 0) is 62.7 Å². The van der Waals surface area contributed by atoms with E-state index < -0.39 is 0 Å². The van der Waals surface area contributed by atoms with Gasteiger partial charge in [0, 0.05) is 26.9 Å². The van der Waals surface area contributed by atoms with Crippen molar-refractivity contribution >= 4 is 39.8 Å². The van der Waals surface area contributed by atoms with Gasteiger partial charge in [0.2, 0.25) is 5.95 Å². The van der Waals surface area contributed by atoms with Crippen LogP contribution in [-0.2, 0) is 0 Å². The third kappa shape index (κ3) is 4.95. The van der Waals surface area contributed by atoms with E-state index in [9.17, 15) is 4.79 Å². The second-order valence-corrected chi connectivity index (χ2v) is 8.87. The number of carbonyl (C=O) groups excluding carboxylic acids is 1. The number of nitrogens with one attached hydrogen (secondary N) is 2. The number of benzene rings is 1. The highest BCUT2D eigenvalue weighted by molar-refractivity contribution is 7.16. The first-order valence-corrected chi connectivity index (χ1v) is 10.9. The first-order valence-electron chi connectivity index (χ1n) is 9.68. The molecule has 0 spiro atoms. The Labute approximate surface area is 189 Å². The Bertz CT molecular complexity index is 1180. The number of nitrogens with zero attached hydrogens (tertiary/aromatic N) is 2. The van der Waals surface area contributed by atoms with Crippen molar-refractivity contribution in [3.63, 3.8) is 0 Å². The smallest absolute Gasteiger partial charge is 0.291 e. The Kier molecular flexibility index (Phi) is 6.06. The van der Waals surface area contributed by atoms with Crippen LogP contribution in [0.4, 0.5) is 10.9 Å². The summed E-state index contributed by atoms with van der Waals surface area (Å²) in [6.45, 7) is 5.87. The SMILES string of the molecule is Cc1cc(C)nc(N[C@@H](c2ccc(Cl)cc2)c2cc(C)sc2NC(=O)c2ccco2)n1. The van der Waals surface area contributed by atoms with Crippen molar-refractivity contribution in [1.82, 2.24) is 9.97 Å². The van der Waals surface area contributed by atoms with Gasteiger partial charge in [-0.25, -0.2) is 9.97 Å². The number of thiophene rings is 1. The summed E-state index contributed by atoms with van der Waals surface area (Å²) < 4.78 is 5.24. The lowest BCUT2D eigenvalue weighted by molar-refractivity contribution is 0.0997. The van der Waals surface area contributed by atoms with Gasteiger partial charge < -0.3 is 15.1 Å². The number of furan rings is 1. The summed E-state index contributed by atoms with van der Waals surface area (Å²) in [4.78, 5) is 22.8. The number of anilines is 2. The van der Waals surface area contributed by atoms with E-state index in [1.165, 1.54) is 17.6 Å². The zero-order valence-corrected chi connectivity index (χ0v) is 18.8. The van der Waals surface area contributed by atoms with Crippen LogP contribution in [0, 0.1) is 20.8 Å². The Morgan fingerprint density at radius 1 is 1.06 bits per heavy atom. The summed E-state index contributed by atoms with van der Waals surface area (Å²) in [7, 11) is 0. The van der Waals surface area contributed by atoms with Gasteiger partial charge in [0.15, 0.2) is 5.76 Å². The molecule has 3 aromatic heterocycles. The van der Waals surface area contributed by atoms with Crippen LogP contribution < -0.4 is 10.6 Å². The molecule has 0 fully saturated rings. The average Bonchev–Trinajstić information content (AvgIpc) is 3.36. The number of amides is 1. The number of hydrogen-bond acceptors (Lipinski definition) is 6. The molecule has 8 heteroatoms. The van der Waals surface area contributed by atoms with Crippen molar-refractivity contribution in [3.8, 4) is 0 Å². The molecule has 1 atom stereocenters. The predicted molar refractivity (Wildman–Crippen MR) is 124 cm³/mol. The van der Waals surface area contributed by atoms with Crippen LogP contribution in [0.15, 0.2) is 59.2 Å². The summed E-state index contributed by atoms with van der Waals surface area (Å²) in [5.41, 5.74) is 3.63. The van der Waals surface area contributed by atoms with Gasteiger partial charge >= 0.3 is 0 Å². The molecule has 0 unspecified atom stereocenters. The molecule has 0 aliphatic carbocycles. The summed E-state index contributed by atoms with van der Waals surface area (Å²) in [6, 6.07) is 14.6. The van der Waals surface area contributed by atoms with Crippen LogP contribution in [0.3, 0.4) is 0 Å². The topological polar surface area (TPSA) is 80.0 Å². The van der Waals surface area contributed by atoms with Gasteiger partial charge in [0.1, 0.15) is 5.00 Å². The van der Waals surface area contributed by atoms with Crippen LogP contribution in [-0.4, -0.2) is 15.9 Å². The Hall–Kier alpha value is -3.16.